The molecule has 0 fully saturated rings. The first kappa shape index (κ1) is 21.9. The normalized spacial score (nSPS) is 17.1. The summed E-state index contributed by atoms with van der Waals surface area (Å²) in [4.78, 5) is 42.2. The molecule has 1 amide bonds. The number of carbonyl (C=O) groups excluding carboxylic acids is 1. The number of halogens is 1. The minimum absolute atomic E-state index is 0.000304. The van der Waals surface area contributed by atoms with Crippen molar-refractivity contribution < 1.29 is 14.3 Å². The Labute approximate surface area is 188 Å². The third kappa shape index (κ3) is 3.52. The van der Waals surface area contributed by atoms with Gasteiger partial charge in [0.25, 0.3) is 16.8 Å². The molecule has 32 heavy (non-hydrogen) atoms. The molecule has 1 aliphatic carbocycles. The van der Waals surface area contributed by atoms with Crippen molar-refractivity contribution in [1.29, 1.82) is 0 Å². The van der Waals surface area contributed by atoms with E-state index in [1.165, 1.54) is 31.3 Å². The number of anilines is 3. The Kier molecular flexibility index (Phi) is 5.24. The van der Waals surface area contributed by atoms with Crippen LogP contribution < -0.4 is 21.5 Å². The number of pyridine rings is 1. The fourth-order valence-electron chi connectivity index (χ4n) is 3.92. The first-order chi connectivity index (χ1) is 15.0. The van der Waals surface area contributed by atoms with Gasteiger partial charge in [-0.05, 0) is 47.6 Å². The minimum Gasteiger partial charge on any atom is -0.504 e. The van der Waals surface area contributed by atoms with Crippen molar-refractivity contribution in [2.24, 2.45) is 5.41 Å². The molecule has 3 N–H and O–H groups in total. The van der Waals surface area contributed by atoms with Gasteiger partial charge in [-0.25, -0.2) is 4.98 Å². The van der Waals surface area contributed by atoms with Crippen LogP contribution in [0.3, 0.4) is 0 Å². The molecular weight excluding hydrogens is 436 g/mol. The van der Waals surface area contributed by atoms with E-state index >= 15 is 0 Å². The molecular formula is C22H23ClN4O5. The van der Waals surface area contributed by atoms with Crippen molar-refractivity contribution in [1.82, 2.24) is 9.88 Å². The first-order valence-electron chi connectivity index (χ1n) is 10.1. The monoisotopic (exact) mass is 458 g/mol. The third-order valence-corrected chi connectivity index (χ3v) is 6.07. The van der Waals surface area contributed by atoms with Crippen molar-refractivity contribution in [2.45, 2.75) is 32.7 Å². The van der Waals surface area contributed by atoms with E-state index in [0.29, 0.717) is 5.76 Å². The second kappa shape index (κ2) is 7.67. The van der Waals surface area contributed by atoms with Crippen LogP contribution in [-0.4, -0.2) is 35.0 Å². The highest BCUT2D eigenvalue weighted by molar-refractivity contribution is 6.29. The predicted molar refractivity (Wildman–Crippen MR) is 121 cm³/mol. The molecule has 0 radical (unpaired) electrons. The minimum atomic E-state index is -0.726. The second-order valence-corrected chi connectivity index (χ2v) is 9.17. The SMILES string of the molecule is CN(C)C(=O)c1nccc(Nc2c(N[C@H]3c4oc(Cl)cc4CCC3(C)C)c(=O)c2=O)c1O. The van der Waals surface area contributed by atoms with E-state index in [9.17, 15) is 19.5 Å². The van der Waals surface area contributed by atoms with Crippen LogP contribution in [0.5, 0.6) is 5.75 Å². The number of aromatic nitrogens is 1. The summed E-state index contributed by atoms with van der Waals surface area (Å²) in [6.07, 6.45) is 2.95. The molecule has 1 aliphatic rings. The Morgan fingerprint density at radius 2 is 1.97 bits per heavy atom. The number of furan rings is 1. The van der Waals surface area contributed by atoms with Crippen LogP contribution in [-0.2, 0) is 6.42 Å². The van der Waals surface area contributed by atoms with Crippen molar-refractivity contribution in [3.05, 3.63) is 61.0 Å². The Morgan fingerprint density at radius 3 is 2.66 bits per heavy atom. The number of hydrogen-bond acceptors (Lipinski definition) is 8. The molecule has 2 heterocycles. The van der Waals surface area contributed by atoms with Crippen LogP contribution in [0, 0.1) is 5.41 Å². The molecule has 0 saturated heterocycles. The van der Waals surface area contributed by atoms with Crippen LogP contribution >= 0.6 is 11.6 Å². The number of hydrogen-bond donors (Lipinski definition) is 3. The Bertz CT molecular complexity index is 1290. The molecule has 0 aliphatic heterocycles. The molecule has 0 unspecified atom stereocenters. The van der Waals surface area contributed by atoms with Crippen molar-refractivity contribution in [2.75, 3.05) is 24.7 Å². The Balaban J connectivity index is 1.68. The lowest BCUT2D eigenvalue weighted by Crippen LogP contribution is -2.41. The zero-order chi connectivity index (χ0) is 23.4. The number of fused-ring (bicyclic) bond motifs is 1. The molecule has 0 spiro atoms. The van der Waals surface area contributed by atoms with E-state index in [1.807, 2.05) is 13.8 Å². The Hall–Kier alpha value is -3.33. The quantitative estimate of drug-likeness (QED) is 0.498. The summed E-state index contributed by atoms with van der Waals surface area (Å²) >= 11 is 6.06. The molecule has 4 rings (SSSR count). The maximum Gasteiger partial charge on any atom is 0.275 e. The lowest BCUT2D eigenvalue weighted by atomic mass is 9.73. The van der Waals surface area contributed by atoms with Gasteiger partial charge in [-0.15, -0.1) is 0 Å². The van der Waals surface area contributed by atoms with E-state index in [4.69, 9.17) is 16.0 Å². The van der Waals surface area contributed by atoms with E-state index in [-0.39, 0.29) is 39.4 Å². The highest BCUT2D eigenvalue weighted by Gasteiger charge is 2.40. The standard InChI is InChI=1S/C22H23ClN4O5/c1-22(2)7-5-10-9-12(23)32-19(10)20(22)26-14-13(17(29)18(14)30)25-11-6-8-24-15(16(11)28)21(31)27(3)4/h6,8-9,20,26,28H,5,7H2,1-4H3,(H,24,25)/t20-/m0/s1. The average Bonchev–Trinajstić information content (AvgIpc) is 3.12. The van der Waals surface area contributed by atoms with Gasteiger partial charge in [0, 0.05) is 20.3 Å². The summed E-state index contributed by atoms with van der Waals surface area (Å²) in [6.45, 7) is 4.08. The number of carbonyl (C=O) groups is 1. The predicted octanol–water partition coefficient (Wildman–Crippen LogP) is 3.20. The van der Waals surface area contributed by atoms with Gasteiger partial charge in [0.15, 0.2) is 16.7 Å². The molecule has 3 aromatic rings. The van der Waals surface area contributed by atoms with Gasteiger partial charge < -0.3 is 25.1 Å². The van der Waals surface area contributed by atoms with Crippen LogP contribution in [0.1, 0.15) is 48.1 Å². The summed E-state index contributed by atoms with van der Waals surface area (Å²) in [5.41, 5.74) is -0.720. The van der Waals surface area contributed by atoms with Crippen LogP contribution in [0.25, 0.3) is 0 Å². The van der Waals surface area contributed by atoms with E-state index in [0.717, 1.165) is 18.4 Å². The second-order valence-electron chi connectivity index (χ2n) is 8.79. The van der Waals surface area contributed by atoms with Crippen molar-refractivity contribution in [3.63, 3.8) is 0 Å². The Morgan fingerprint density at radius 1 is 1.28 bits per heavy atom. The molecule has 0 saturated carbocycles. The van der Waals surface area contributed by atoms with Gasteiger partial charge >= 0.3 is 0 Å². The summed E-state index contributed by atoms with van der Waals surface area (Å²) in [5, 5.41) is 16.7. The van der Waals surface area contributed by atoms with E-state index < -0.39 is 22.5 Å². The van der Waals surface area contributed by atoms with Gasteiger partial charge in [-0.1, -0.05) is 13.8 Å². The van der Waals surface area contributed by atoms with Gasteiger partial charge in [-0.3, -0.25) is 14.4 Å². The van der Waals surface area contributed by atoms with Crippen LogP contribution in [0.15, 0.2) is 32.3 Å². The van der Waals surface area contributed by atoms with E-state index in [2.05, 4.69) is 15.6 Å². The van der Waals surface area contributed by atoms with Crippen LogP contribution in [0.2, 0.25) is 5.22 Å². The average molecular weight is 459 g/mol. The number of nitrogens with one attached hydrogen (secondary N) is 2. The third-order valence-electron chi connectivity index (χ3n) is 5.89. The highest BCUT2D eigenvalue weighted by Crippen LogP contribution is 2.47. The summed E-state index contributed by atoms with van der Waals surface area (Å²) in [7, 11) is 3.06. The number of rotatable bonds is 5. The fraction of sp³-hybridized carbons (Fsp3) is 0.364. The van der Waals surface area contributed by atoms with Gasteiger partial charge in [-0.2, -0.15) is 0 Å². The highest BCUT2D eigenvalue weighted by atomic mass is 35.5. The number of nitrogens with zero attached hydrogens (tertiary/aromatic N) is 2. The first-order valence-corrected chi connectivity index (χ1v) is 10.4. The maximum atomic E-state index is 12.4. The topological polar surface area (TPSA) is 125 Å². The lowest BCUT2D eigenvalue weighted by molar-refractivity contribution is 0.0819. The van der Waals surface area contributed by atoms with E-state index in [1.54, 1.807) is 6.07 Å². The molecule has 2 aromatic heterocycles. The molecule has 10 heteroatoms. The number of amides is 1. The summed E-state index contributed by atoms with van der Waals surface area (Å²) in [5.74, 6) is -0.278. The molecule has 1 aromatic carbocycles. The zero-order valence-electron chi connectivity index (χ0n) is 18.1. The van der Waals surface area contributed by atoms with Crippen LogP contribution in [0.4, 0.5) is 17.1 Å². The largest absolute Gasteiger partial charge is 0.504 e. The zero-order valence-corrected chi connectivity index (χ0v) is 18.8. The summed E-state index contributed by atoms with van der Waals surface area (Å²) < 4.78 is 5.70. The van der Waals surface area contributed by atoms with Gasteiger partial charge in [0.2, 0.25) is 0 Å². The van der Waals surface area contributed by atoms with Crippen molar-refractivity contribution in [3.8, 4) is 5.75 Å². The smallest absolute Gasteiger partial charge is 0.275 e. The fourth-order valence-corrected chi connectivity index (χ4v) is 4.13. The molecule has 0 bridgehead atoms. The lowest BCUT2D eigenvalue weighted by Gasteiger charge is -2.38. The number of aryl methyl sites for hydroxylation is 1. The summed E-state index contributed by atoms with van der Waals surface area (Å²) in [6, 6.07) is 2.79. The molecule has 168 valence electrons. The number of aromatic hydroxyl groups is 1. The van der Waals surface area contributed by atoms with Gasteiger partial charge in [0.1, 0.15) is 17.1 Å². The maximum absolute atomic E-state index is 12.4. The van der Waals surface area contributed by atoms with Crippen molar-refractivity contribution >= 4 is 34.6 Å². The molecule has 1 atom stereocenters. The molecule has 9 nitrogen and oxygen atoms in total. The van der Waals surface area contributed by atoms with Gasteiger partial charge in [0.05, 0.1) is 11.7 Å².